The van der Waals surface area contributed by atoms with Crippen LogP contribution in [0.5, 0.6) is 17.2 Å². The van der Waals surface area contributed by atoms with Crippen LogP contribution in [0.15, 0.2) is 42.6 Å². The number of likely N-dealkylation sites (N-methyl/N-ethyl adjacent to an activating group) is 1. The molecule has 3 aromatic rings. The minimum Gasteiger partial charge on any atom is -0.492 e. The molecule has 5 rings (SSSR count). The van der Waals surface area contributed by atoms with Crippen LogP contribution in [0.4, 0.5) is 0 Å². The Morgan fingerprint density at radius 3 is 2.97 bits per heavy atom. The smallest absolute Gasteiger partial charge is 0.231 e. The maximum atomic E-state index is 13.1. The molecule has 1 atom stereocenters. The lowest BCUT2D eigenvalue weighted by Gasteiger charge is -2.43. The van der Waals surface area contributed by atoms with Crippen LogP contribution in [-0.2, 0) is 11.2 Å². The van der Waals surface area contributed by atoms with Crippen LogP contribution in [0.1, 0.15) is 29.2 Å². The number of hydrogen-bond donors (Lipinski definition) is 1. The third kappa shape index (κ3) is 3.37. The van der Waals surface area contributed by atoms with E-state index in [1.54, 1.807) is 13.2 Å². The van der Waals surface area contributed by atoms with E-state index in [1.165, 1.54) is 5.56 Å². The van der Waals surface area contributed by atoms with Crippen molar-refractivity contribution in [2.75, 3.05) is 34.5 Å². The van der Waals surface area contributed by atoms with Gasteiger partial charge < -0.3 is 23.7 Å². The fourth-order valence-corrected chi connectivity index (χ4v) is 4.79. The van der Waals surface area contributed by atoms with E-state index in [9.17, 15) is 4.79 Å². The molecule has 0 aliphatic carbocycles. The number of nitrogens with one attached hydrogen (secondary N) is 1. The number of aromatic nitrogens is 1. The molecule has 6 nitrogen and oxygen atoms in total. The summed E-state index contributed by atoms with van der Waals surface area (Å²) in [6.07, 6.45) is 6.85. The molecule has 0 saturated heterocycles. The maximum Gasteiger partial charge on any atom is 0.231 e. The molecule has 0 spiro atoms. The largest absolute Gasteiger partial charge is 0.492 e. The third-order valence-electron chi connectivity index (χ3n) is 6.55. The van der Waals surface area contributed by atoms with Crippen LogP contribution >= 0.6 is 0 Å². The molecule has 0 unspecified atom stereocenters. The summed E-state index contributed by atoms with van der Waals surface area (Å²) < 4.78 is 17.8. The molecule has 0 fully saturated rings. The molecule has 1 aromatic heterocycles. The van der Waals surface area contributed by atoms with Gasteiger partial charge in [-0.15, -0.1) is 0 Å². The third-order valence-corrected chi connectivity index (χ3v) is 6.55. The Morgan fingerprint density at radius 1 is 1.29 bits per heavy atom. The van der Waals surface area contributed by atoms with Crippen molar-refractivity contribution in [3.05, 3.63) is 59.3 Å². The highest BCUT2D eigenvalue weighted by Gasteiger charge is 2.41. The van der Waals surface area contributed by atoms with Crippen molar-refractivity contribution >= 4 is 22.8 Å². The number of quaternary nitrogens is 1. The first-order valence-corrected chi connectivity index (χ1v) is 10.6. The summed E-state index contributed by atoms with van der Waals surface area (Å²) in [6.45, 7) is 1.14. The number of ether oxygens (including phenoxy) is 3. The zero-order valence-corrected chi connectivity index (χ0v) is 18.1. The van der Waals surface area contributed by atoms with Gasteiger partial charge in [0.15, 0.2) is 17.3 Å². The number of H-pyrrole nitrogens is 1. The number of para-hydroxylation sites is 1. The monoisotopic (exact) mass is 419 g/mol. The number of aromatic amines is 1. The lowest BCUT2D eigenvalue weighted by Crippen LogP contribution is -2.48. The van der Waals surface area contributed by atoms with E-state index >= 15 is 0 Å². The predicted octanol–water partition coefficient (Wildman–Crippen LogP) is 4.25. The second kappa shape index (κ2) is 7.46. The van der Waals surface area contributed by atoms with E-state index in [1.807, 2.05) is 30.5 Å². The summed E-state index contributed by atoms with van der Waals surface area (Å²) in [5.74, 6) is 2.17. The highest BCUT2D eigenvalue weighted by molar-refractivity contribution is 5.97. The van der Waals surface area contributed by atoms with Gasteiger partial charge in [-0.3, -0.25) is 4.79 Å². The Bertz CT molecular complexity index is 1190. The summed E-state index contributed by atoms with van der Waals surface area (Å²) in [5, 5.41) is 1.11. The number of hydrogen-bond acceptors (Lipinski definition) is 4. The summed E-state index contributed by atoms with van der Waals surface area (Å²) in [4.78, 5) is 16.3. The number of ketones is 1. The fourth-order valence-electron chi connectivity index (χ4n) is 4.79. The minimum absolute atomic E-state index is 0.0201. The molecule has 2 aliphatic heterocycles. The standard InChI is InChI=1S/C25H26N2O4/c1-27(2)11-10-16-12-22-24(31-15-30-22)25(29-3)23(16)21(27)13-18(28)9-8-17-14-26-20-7-5-4-6-19(17)20/h4-9,12,14,21H,10-11,13,15H2,1-3H3/p+1/t21-/m0/s1. The summed E-state index contributed by atoms with van der Waals surface area (Å²) >= 11 is 0. The average molecular weight is 420 g/mol. The molecule has 6 heteroatoms. The zero-order chi connectivity index (χ0) is 21.6. The topological polar surface area (TPSA) is 60.6 Å². The zero-order valence-electron chi connectivity index (χ0n) is 18.1. The molecule has 0 bridgehead atoms. The van der Waals surface area contributed by atoms with Crippen LogP contribution in [0.3, 0.4) is 0 Å². The summed E-state index contributed by atoms with van der Waals surface area (Å²) in [6, 6.07) is 10.1. The van der Waals surface area contributed by atoms with Gasteiger partial charge in [0, 0.05) is 23.5 Å². The van der Waals surface area contributed by atoms with Gasteiger partial charge in [0.05, 0.1) is 39.7 Å². The van der Waals surface area contributed by atoms with E-state index in [0.717, 1.165) is 45.2 Å². The van der Waals surface area contributed by atoms with Crippen molar-refractivity contribution in [1.82, 2.24) is 4.98 Å². The van der Waals surface area contributed by atoms with Crippen LogP contribution in [0.2, 0.25) is 0 Å². The maximum absolute atomic E-state index is 13.1. The Balaban J connectivity index is 1.46. The van der Waals surface area contributed by atoms with E-state index in [0.29, 0.717) is 17.9 Å². The molecular formula is C25H27N2O4+. The van der Waals surface area contributed by atoms with E-state index in [2.05, 4.69) is 31.2 Å². The van der Waals surface area contributed by atoms with Crippen molar-refractivity contribution in [2.45, 2.75) is 18.9 Å². The van der Waals surface area contributed by atoms with Crippen molar-refractivity contribution in [3.8, 4) is 17.2 Å². The van der Waals surface area contributed by atoms with Gasteiger partial charge in [0.2, 0.25) is 12.5 Å². The Kier molecular flexibility index (Phi) is 4.74. The van der Waals surface area contributed by atoms with Gasteiger partial charge >= 0.3 is 0 Å². The van der Waals surface area contributed by atoms with Crippen molar-refractivity contribution in [2.24, 2.45) is 0 Å². The van der Waals surface area contributed by atoms with Gasteiger partial charge in [-0.25, -0.2) is 0 Å². The van der Waals surface area contributed by atoms with E-state index < -0.39 is 0 Å². The lowest BCUT2D eigenvalue weighted by molar-refractivity contribution is -0.922. The van der Waals surface area contributed by atoms with Gasteiger partial charge in [0.1, 0.15) is 6.04 Å². The number of rotatable bonds is 5. The van der Waals surface area contributed by atoms with Crippen molar-refractivity contribution < 1.29 is 23.5 Å². The SMILES string of the molecule is COc1c2c(cc3c1[C@H](CC(=O)/C=C/c1c[nH]c4ccccc14)[N+](C)(C)CC3)OCO2. The lowest BCUT2D eigenvalue weighted by atomic mass is 9.86. The van der Waals surface area contributed by atoms with Gasteiger partial charge in [-0.05, 0) is 35.4 Å². The fraction of sp³-hybridized carbons (Fsp3) is 0.320. The molecule has 31 heavy (non-hydrogen) atoms. The average Bonchev–Trinajstić information content (AvgIpc) is 3.39. The number of nitrogens with zero attached hydrogens (tertiary/aromatic N) is 1. The molecule has 3 heterocycles. The van der Waals surface area contributed by atoms with E-state index in [4.69, 9.17) is 14.2 Å². The molecule has 160 valence electrons. The molecule has 1 N–H and O–H groups in total. The second-order valence-electron chi connectivity index (χ2n) is 8.78. The minimum atomic E-state index is -0.0201. The number of carbonyl (C=O) groups is 1. The molecular weight excluding hydrogens is 392 g/mol. The Hall–Kier alpha value is -3.25. The number of methoxy groups -OCH3 is 1. The quantitative estimate of drug-likeness (QED) is 0.496. The van der Waals surface area contributed by atoms with Crippen molar-refractivity contribution in [3.63, 3.8) is 0 Å². The Morgan fingerprint density at radius 2 is 2.13 bits per heavy atom. The number of fused-ring (bicyclic) bond motifs is 3. The highest BCUT2D eigenvalue weighted by atomic mass is 16.7. The van der Waals surface area contributed by atoms with E-state index in [-0.39, 0.29) is 18.6 Å². The molecule has 2 aromatic carbocycles. The van der Waals surface area contributed by atoms with Gasteiger partial charge in [-0.2, -0.15) is 0 Å². The van der Waals surface area contributed by atoms with Gasteiger partial charge in [-0.1, -0.05) is 18.2 Å². The molecule has 2 aliphatic rings. The Labute approximate surface area is 181 Å². The molecule has 0 saturated carbocycles. The van der Waals surface area contributed by atoms with Crippen molar-refractivity contribution in [1.29, 1.82) is 0 Å². The first kappa shape index (κ1) is 19.7. The van der Waals surface area contributed by atoms with Crippen LogP contribution in [-0.4, -0.2) is 49.8 Å². The summed E-state index contributed by atoms with van der Waals surface area (Å²) in [7, 11) is 6.00. The van der Waals surface area contributed by atoms with Crippen LogP contribution in [0.25, 0.3) is 17.0 Å². The number of carbonyl (C=O) groups excluding carboxylic acids is 1. The molecule has 0 radical (unpaired) electrons. The second-order valence-corrected chi connectivity index (χ2v) is 8.78. The first-order chi connectivity index (χ1) is 15.0. The highest BCUT2D eigenvalue weighted by Crippen LogP contribution is 2.51. The normalized spacial score (nSPS) is 19.0. The van der Waals surface area contributed by atoms with Crippen LogP contribution < -0.4 is 14.2 Å². The van der Waals surface area contributed by atoms with Gasteiger partial charge in [0.25, 0.3) is 0 Å². The first-order valence-electron chi connectivity index (χ1n) is 10.6. The number of allylic oxidation sites excluding steroid dienone is 1. The predicted molar refractivity (Wildman–Crippen MR) is 119 cm³/mol. The summed E-state index contributed by atoms with van der Waals surface area (Å²) in [5.41, 5.74) is 4.32. The molecule has 0 amide bonds. The number of benzene rings is 2. The van der Waals surface area contributed by atoms with Crippen LogP contribution in [0, 0.1) is 0 Å².